The average molecular weight is 460 g/mol. The quantitative estimate of drug-likeness (QED) is 0.232. The molecule has 0 aliphatic carbocycles. The van der Waals surface area contributed by atoms with E-state index in [4.69, 9.17) is 4.74 Å². The molecule has 0 saturated carbocycles. The summed E-state index contributed by atoms with van der Waals surface area (Å²) in [6.07, 6.45) is 8.31. The number of pyridine rings is 2. The number of aromatic nitrogens is 5. The van der Waals surface area contributed by atoms with E-state index in [1.807, 2.05) is 47.9 Å². The normalized spacial score (nSPS) is 10.9. The molecule has 166 valence electrons. The van der Waals surface area contributed by atoms with Crippen molar-refractivity contribution < 1.29 is 9.53 Å². The first-order chi connectivity index (χ1) is 16.2. The summed E-state index contributed by atoms with van der Waals surface area (Å²) in [7, 11) is 0. The van der Waals surface area contributed by atoms with Crippen molar-refractivity contribution in [1.29, 1.82) is 0 Å². The molecule has 0 aliphatic heterocycles. The summed E-state index contributed by atoms with van der Waals surface area (Å²) in [5, 5.41) is 13.2. The highest BCUT2D eigenvalue weighted by molar-refractivity contribution is 7.99. The molecule has 0 aliphatic rings. The first-order valence-corrected chi connectivity index (χ1v) is 11.2. The smallest absolute Gasteiger partial charge is 0.250 e. The van der Waals surface area contributed by atoms with E-state index in [2.05, 4.69) is 30.7 Å². The van der Waals surface area contributed by atoms with Crippen LogP contribution in [-0.2, 0) is 4.79 Å². The van der Waals surface area contributed by atoms with Crippen LogP contribution in [0.3, 0.4) is 0 Å². The molecule has 0 saturated heterocycles. The summed E-state index contributed by atoms with van der Waals surface area (Å²) in [4.78, 5) is 20.4. The van der Waals surface area contributed by atoms with Gasteiger partial charge in [0.25, 0.3) is 5.91 Å². The maximum absolute atomic E-state index is 12.3. The van der Waals surface area contributed by atoms with Gasteiger partial charge < -0.3 is 4.74 Å². The van der Waals surface area contributed by atoms with Gasteiger partial charge in [-0.3, -0.25) is 19.3 Å². The van der Waals surface area contributed by atoms with E-state index >= 15 is 0 Å². The molecule has 10 heteroatoms. The van der Waals surface area contributed by atoms with E-state index < -0.39 is 0 Å². The fourth-order valence-electron chi connectivity index (χ4n) is 2.93. The van der Waals surface area contributed by atoms with Crippen molar-refractivity contribution in [1.82, 2.24) is 30.2 Å². The Hall–Kier alpha value is -4.05. The number of nitrogens with one attached hydrogen (secondary N) is 1. The number of benzene rings is 1. The lowest BCUT2D eigenvalue weighted by Crippen LogP contribution is -2.20. The number of hydrazone groups is 1. The fourth-order valence-corrected chi connectivity index (χ4v) is 3.67. The Morgan fingerprint density at radius 2 is 1.91 bits per heavy atom. The molecular weight excluding hydrogens is 438 g/mol. The first kappa shape index (κ1) is 22.2. The zero-order valence-corrected chi connectivity index (χ0v) is 18.6. The number of hydrogen-bond donors (Lipinski definition) is 1. The van der Waals surface area contributed by atoms with Crippen LogP contribution in [0.2, 0.25) is 0 Å². The highest BCUT2D eigenvalue weighted by atomic mass is 32.2. The van der Waals surface area contributed by atoms with Crippen LogP contribution in [0.25, 0.3) is 17.1 Å². The first-order valence-electron chi connectivity index (χ1n) is 10.2. The molecule has 0 radical (unpaired) electrons. The topological polar surface area (TPSA) is 107 Å². The number of rotatable bonds is 9. The summed E-state index contributed by atoms with van der Waals surface area (Å²) in [6, 6.07) is 15.0. The number of nitrogens with zero attached hydrogens (tertiary/aromatic N) is 6. The predicted molar refractivity (Wildman–Crippen MR) is 126 cm³/mol. The lowest BCUT2D eigenvalue weighted by atomic mass is 10.2. The number of amides is 1. The minimum Gasteiger partial charge on any atom is -0.494 e. The van der Waals surface area contributed by atoms with Gasteiger partial charge in [-0.15, -0.1) is 10.2 Å². The largest absolute Gasteiger partial charge is 0.494 e. The molecule has 3 aromatic heterocycles. The van der Waals surface area contributed by atoms with Crippen LogP contribution in [-0.4, -0.2) is 49.2 Å². The minimum absolute atomic E-state index is 0.121. The summed E-state index contributed by atoms with van der Waals surface area (Å²) in [5.74, 6) is 1.27. The molecule has 0 bridgehead atoms. The summed E-state index contributed by atoms with van der Waals surface area (Å²) < 4.78 is 7.44. The Morgan fingerprint density at radius 3 is 2.64 bits per heavy atom. The molecule has 1 amide bonds. The summed E-state index contributed by atoms with van der Waals surface area (Å²) in [5.41, 5.74) is 5.03. The molecule has 9 nitrogen and oxygen atoms in total. The summed E-state index contributed by atoms with van der Waals surface area (Å²) >= 11 is 1.27. The lowest BCUT2D eigenvalue weighted by molar-refractivity contribution is -0.118. The van der Waals surface area contributed by atoms with E-state index in [9.17, 15) is 4.79 Å². The van der Waals surface area contributed by atoms with Gasteiger partial charge >= 0.3 is 0 Å². The Morgan fingerprint density at radius 1 is 1.09 bits per heavy atom. The predicted octanol–water partition coefficient (Wildman–Crippen LogP) is 3.37. The van der Waals surface area contributed by atoms with Gasteiger partial charge in [0.05, 0.1) is 18.6 Å². The third-order valence-electron chi connectivity index (χ3n) is 4.40. The van der Waals surface area contributed by atoms with Crippen molar-refractivity contribution in [3.05, 3.63) is 78.9 Å². The van der Waals surface area contributed by atoms with E-state index in [1.165, 1.54) is 11.8 Å². The monoisotopic (exact) mass is 459 g/mol. The van der Waals surface area contributed by atoms with Crippen LogP contribution < -0.4 is 10.2 Å². The second-order valence-electron chi connectivity index (χ2n) is 6.67. The summed E-state index contributed by atoms with van der Waals surface area (Å²) in [6.45, 7) is 2.53. The van der Waals surface area contributed by atoms with Crippen molar-refractivity contribution in [3.63, 3.8) is 0 Å². The molecule has 33 heavy (non-hydrogen) atoms. The van der Waals surface area contributed by atoms with Gasteiger partial charge in [-0.05, 0) is 61.0 Å². The van der Waals surface area contributed by atoms with Crippen LogP contribution >= 0.6 is 11.8 Å². The molecule has 0 unspecified atom stereocenters. The van der Waals surface area contributed by atoms with Gasteiger partial charge in [0.15, 0.2) is 11.0 Å². The molecule has 0 fully saturated rings. The zero-order chi connectivity index (χ0) is 22.9. The van der Waals surface area contributed by atoms with Crippen LogP contribution in [0.4, 0.5) is 0 Å². The molecule has 4 aromatic rings. The molecule has 3 heterocycles. The van der Waals surface area contributed by atoms with Gasteiger partial charge in [-0.25, -0.2) is 5.43 Å². The molecule has 1 N–H and O–H groups in total. The van der Waals surface area contributed by atoms with Crippen molar-refractivity contribution in [2.24, 2.45) is 5.10 Å². The standard InChI is InChI=1S/C23H21N7O2S/c1-2-32-20-7-5-19(6-8-20)30-22(18-4-3-11-25-15-18)28-29-23(30)33-16-21(31)27-26-14-17-9-12-24-13-10-17/h3-15H,2,16H2,1H3,(H,27,31)/b26-14+. The van der Waals surface area contributed by atoms with E-state index in [1.54, 1.807) is 43.1 Å². The molecule has 0 spiro atoms. The maximum Gasteiger partial charge on any atom is 0.250 e. The Kier molecular flexibility index (Phi) is 7.39. The van der Waals surface area contributed by atoms with Crippen molar-refractivity contribution in [3.8, 4) is 22.8 Å². The third kappa shape index (κ3) is 5.80. The Labute approximate surface area is 195 Å². The van der Waals surface area contributed by atoms with Crippen LogP contribution in [0.5, 0.6) is 5.75 Å². The number of hydrogen-bond acceptors (Lipinski definition) is 8. The van der Waals surface area contributed by atoms with E-state index in [-0.39, 0.29) is 11.7 Å². The molecule has 1 aromatic carbocycles. The van der Waals surface area contributed by atoms with Gasteiger partial charge in [-0.2, -0.15) is 5.10 Å². The van der Waals surface area contributed by atoms with Gasteiger partial charge in [0.1, 0.15) is 5.75 Å². The Bertz CT molecular complexity index is 1210. The Balaban J connectivity index is 1.52. The second kappa shape index (κ2) is 11.0. The minimum atomic E-state index is -0.255. The van der Waals surface area contributed by atoms with Crippen LogP contribution in [0.15, 0.2) is 83.6 Å². The van der Waals surface area contributed by atoms with Crippen LogP contribution in [0.1, 0.15) is 12.5 Å². The second-order valence-corrected chi connectivity index (χ2v) is 7.62. The number of carbonyl (C=O) groups excluding carboxylic acids is 1. The highest BCUT2D eigenvalue weighted by Gasteiger charge is 2.17. The zero-order valence-electron chi connectivity index (χ0n) is 17.8. The average Bonchev–Trinajstić information content (AvgIpc) is 3.29. The van der Waals surface area contributed by atoms with Crippen LogP contribution in [0, 0.1) is 0 Å². The maximum atomic E-state index is 12.3. The van der Waals surface area contributed by atoms with Crippen molar-refractivity contribution in [2.75, 3.05) is 12.4 Å². The molecule has 4 rings (SSSR count). The number of thioether (sulfide) groups is 1. The fraction of sp³-hybridized carbons (Fsp3) is 0.130. The van der Waals surface area contributed by atoms with Crippen molar-refractivity contribution >= 4 is 23.9 Å². The number of ether oxygens (including phenoxy) is 1. The van der Waals surface area contributed by atoms with Crippen molar-refractivity contribution in [2.45, 2.75) is 12.1 Å². The molecular formula is C23H21N7O2S. The van der Waals surface area contributed by atoms with Gasteiger partial charge in [-0.1, -0.05) is 11.8 Å². The highest BCUT2D eigenvalue weighted by Crippen LogP contribution is 2.28. The van der Waals surface area contributed by atoms with Gasteiger partial charge in [0.2, 0.25) is 0 Å². The molecule has 0 atom stereocenters. The lowest BCUT2D eigenvalue weighted by Gasteiger charge is -2.11. The number of carbonyl (C=O) groups is 1. The van der Waals surface area contributed by atoms with E-state index in [0.29, 0.717) is 17.6 Å². The van der Waals surface area contributed by atoms with Gasteiger partial charge in [0, 0.05) is 36.0 Å². The third-order valence-corrected chi connectivity index (χ3v) is 5.33. The van der Waals surface area contributed by atoms with E-state index in [0.717, 1.165) is 22.6 Å². The SMILES string of the molecule is CCOc1ccc(-n2c(SCC(=O)N/N=C/c3ccncc3)nnc2-c2cccnc2)cc1.